The van der Waals surface area contributed by atoms with Crippen molar-refractivity contribution in [1.29, 1.82) is 0 Å². The van der Waals surface area contributed by atoms with Gasteiger partial charge in [0.2, 0.25) is 0 Å². The number of hydrogen-bond acceptors (Lipinski definition) is 2. The fraction of sp³-hybridized carbons (Fsp3) is 0.500. The molecule has 1 rings (SSSR count). The van der Waals surface area contributed by atoms with Crippen LogP contribution in [0.3, 0.4) is 0 Å². The first-order valence-electron chi connectivity index (χ1n) is 4.95. The molecule has 0 spiro atoms. The van der Waals surface area contributed by atoms with E-state index in [0.29, 0.717) is 0 Å². The summed E-state index contributed by atoms with van der Waals surface area (Å²) < 4.78 is 5.60. The molecule has 0 amide bonds. The monoisotopic (exact) mass is 192 g/mol. The maximum Gasteiger partial charge on any atom is 0.0598 e. The van der Waals surface area contributed by atoms with E-state index in [4.69, 9.17) is 4.74 Å². The molecule has 0 aromatic carbocycles. The number of nitrogens with zero attached hydrogens (tertiary/aromatic N) is 1. The van der Waals surface area contributed by atoms with Crippen molar-refractivity contribution in [1.82, 2.24) is 4.98 Å². The molecule has 0 unspecified atom stereocenters. The lowest BCUT2D eigenvalue weighted by Gasteiger charge is -2.19. The molecule has 1 radical (unpaired) electrons. The highest BCUT2D eigenvalue weighted by Gasteiger charge is 2.08. The zero-order valence-electron chi connectivity index (χ0n) is 9.16. The van der Waals surface area contributed by atoms with Gasteiger partial charge in [0.05, 0.1) is 5.60 Å². The third kappa shape index (κ3) is 4.97. The topological polar surface area (TPSA) is 22.1 Å². The fourth-order valence-corrected chi connectivity index (χ4v) is 1.09. The molecule has 0 aliphatic carbocycles. The van der Waals surface area contributed by atoms with Crippen molar-refractivity contribution in [2.75, 3.05) is 6.61 Å². The van der Waals surface area contributed by atoms with Crippen LogP contribution in [0.15, 0.2) is 24.5 Å². The van der Waals surface area contributed by atoms with Gasteiger partial charge in [0.15, 0.2) is 0 Å². The van der Waals surface area contributed by atoms with Gasteiger partial charge in [-0.25, -0.2) is 0 Å². The Bertz CT molecular complexity index is 251. The molecule has 0 aliphatic heterocycles. The lowest BCUT2D eigenvalue weighted by Crippen LogP contribution is -2.19. The minimum Gasteiger partial charge on any atom is -0.376 e. The van der Waals surface area contributed by atoms with Crippen LogP contribution in [0.2, 0.25) is 0 Å². The van der Waals surface area contributed by atoms with E-state index >= 15 is 0 Å². The van der Waals surface area contributed by atoms with Gasteiger partial charge in [-0.05, 0) is 51.3 Å². The lowest BCUT2D eigenvalue weighted by molar-refractivity contribution is -0.00106. The number of rotatable bonds is 4. The molecule has 2 nitrogen and oxygen atoms in total. The molecule has 14 heavy (non-hydrogen) atoms. The summed E-state index contributed by atoms with van der Waals surface area (Å²) in [7, 11) is 0. The van der Waals surface area contributed by atoms with Crippen LogP contribution in [-0.4, -0.2) is 17.2 Å². The summed E-state index contributed by atoms with van der Waals surface area (Å²) in [6, 6.07) is 3.99. The van der Waals surface area contributed by atoms with E-state index in [0.717, 1.165) is 13.0 Å². The largest absolute Gasteiger partial charge is 0.376 e. The molecule has 2 heteroatoms. The predicted octanol–water partition coefficient (Wildman–Crippen LogP) is 2.84. The molecule has 0 saturated heterocycles. The summed E-state index contributed by atoms with van der Waals surface area (Å²) >= 11 is 0. The van der Waals surface area contributed by atoms with Crippen LogP contribution in [-0.2, 0) is 4.74 Å². The van der Waals surface area contributed by atoms with Gasteiger partial charge in [-0.3, -0.25) is 4.98 Å². The van der Waals surface area contributed by atoms with Crippen LogP contribution in [0.1, 0.15) is 32.8 Å². The van der Waals surface area contributed by atoms with Crippen molar-refractivity contribution >= 4 is 0 Å². The van der Waals surface area contributed by atoms with Crippen LogP contribution >= 0.6 is 0 Å². The van der Waals surface area contributed by atoms with Crippen LogP contribution in [0.5, 0.6) is 0 Å². The van der Waals surface area contributed by atoms with E-state index in [-0.39, 0.29) is 5.60 Å². The standard InChI is InChI=1S/C12H18NO/c1-12(2,3)14-10-4-5-11-6-8-13-9-7-11/h5-9H,4,10H2,1-3H3. The highest BCUT2D eigenvalue weighted by molar-refractivity contribution is 5.18. The fourth-order valence-electron chi connectivity index (χ4n) is 1.09. The van der Waals surface area contributed by atoms with Gasteiger partial charge in [-0.1, -0.05) is 0 Å². The van der Waals surface area contributed by atoms with E-state index in [1.807, 2.05) is 12.1 Å². The van der Waals surface area contributed by atoms with E-state index in [9.17, 15) is 0 Å². The Morgan fingerprint density at radius 1 is 1.29 bits per heavy atom. The van der Waals surface area contributed by atoms with E-state index in [1.54, 1.807) is 12.4 Å². The molecule has 1 aromatic heterocycles. The second-order valence-electron chi connectivity index (χ2n) is 4.23. The summed E-state index contributed by atoms with van der Waals surface area (Å²) in [4.78, 5) is 3.96. The molecular weight excluding hydrogens is 174 g/mol. The lowest BCUT2D eigenvalue weighted by atomic mass is 10.1. The maximum absolute atomic E-state index is 5.60. The Morgan fingerprint density at radius 3 is 2.50 bits per heavy atom. The molecule has 0 bridgehead atoms. The van der Waals surface area contributed by atoms with Crippen molar-refractivity contribution in [3.63, 3.8) is 0 Å². The first-order valence-corrected chi connectivity index (χ1v) is 4.95. The molecule has 0 aliphatic rings. The predicted molar refractivity (Wildman–Crippen MR) is 58.0 cm³/mol. The molecule has 1 heterocycles. The van der Waals surface area contributed by atoms with Gasteiger partial charge in [-0.2, -0.15) is 0 Å². The third-order valence-electron chi connectivity index (χ3n) is 1.74. The SMILES string of the molecule is CC(C)(C)OCC[CH]c1ccncc1. The highest BCUT2D eigenvalue weighted by Crippen LogP contribution is 2.09. The normalized spacial score (nSPS) is 11.6. The van der Waals surface area contributed by atoms with Crippen LogP contribution in [0.25, 0.3) is 0 Å². The second-order valence-corrected chi connectivity index (χ2v) is 4.23. The molecule has 77 valence electrons. The molecule has 0 saturated carbocycles. The first-order chi connectivity index (χ1) is 6.58. The van der Waals surface area contributed by atoms with Gasteiger partial charge >= 0.3 is 0 Å². The molecule has 1 aromatic rings. The number of ether oxygens (including phenoxy) is 1. The average Bonchev–Trinajstić information content (AvgIpc) is 2.13. The van der Waals surface area contributed by atoms with Gasteiger partial charge in [0.25, 0.3) is 0 Å². The van der Waals surface area contributed by atoms with Crippen LogP contribution in [0, 0.1) is 6.42 Å². The Hall–Kier alpha value is -0.890. The first kappa shape index (κ1) is 11.2. The molecular formula is C12H18NO. The minimum absolute atomic E-state index is 0.0356. The van der Waals surface area contributed by atoms with Crippen molar-refractivity contribution < 1.29 is 4.74 Å². The average molecular weight is 192 g/mol. The second kappa shape index (κ2) is 5.11. The zero-order chi connectivity index (χ0) is 10.4. The minimum atomic E-state index is -0.0356. The van der Waals surface area contributed by atoms with E-state index in [2.05, 4.69) is 32.2 Å². The zero-order valence-corrected chi connectivity index (χ0v) is 9.16. The van der Waals surface area contributed by atoms with Crippen molar-refractivity contribution in [3.05, 3.63) is 36.5 Å². The Kier molecular flexibility index (Phi) is 4.08. The summed E-state index contributed by atoms with van der Waals surface area (Å²) in [5.41, 5.74) is 1.17. The summed E-state index contributed by atoms with van der Waals surface area (Å²) in [5.74, 6) is 0. The van der Waals surface area contributed by atoms with E-state index in [1.165, 1.54) is 5.56 Å². The quantitative estimate of drug-likeness (QED) is 0.684. The summed E-state index contributed by atoms with van der Waals surface area (Å²) in [5, 5.41) is 0. The number of aromatic nitrogens is 1. The van der Waals surface area contributed by atoms with Crippen molar-refractivity contribution in [2.45, 2.75) is 32.8 Å². The van der Waals surface area contributed by atoms with E-state index < -0.39 is 0 Å². The van der Waals surface area contributed by atoms with Gasteiger partial charge in [0, 0.05) is 19.0 Å². The van der Waals surface area contributed by atoms with Gasteiger partial charge < -0.3 is 4.74 Å². The molecule has 0 fully saturated rings. The summed E-state index contributed by atoms with van der Waals surface area (Å²) in [6.45, 7) is 6.98. The van der Waals surface area contributed by atoms with Crippen LogP contribution in [0.4, 0.5) is 0 Å². The smallest absolute Gasteiger partial charge is 0.0598 e. The Balaban J connectivity index is 2.17. The molecule has 0 N–H and O–H groups in total. The number of hydrogen-bond donors (Lipinski definition) is 0. The Labute approximate surface area is 86.3 Å². The molecule has 0 atom stereocenters. The highest BCUT2D eigenvalue weighted by atomic mass is 16.5. The van der Waals surface area contributed by atoms with Crippen molar-refractivity contribution in [2.24, 2.45) is 0 Å². The maximum atomic E-state index is 5.60. The van der Waals surface area contributed by atoms with Gasteiger partial charge in [0.1, 0.15) is 0 Å². The van der Waals surface area contributed by atoms with Crippen molar-refractivity contribution in [3.8, 4) is 0 Å². The third-order valence-corrected chi connectivity index (χ3v) is 1.74. The van der Waals surface area contributed by atoms with Crippen LogP contribution < -0.4 is 0 Å². The van der Waals surface area contributed by atoms with Gasteiger partial charge in [-0.15, -0.1) is 0 Å². The Morgan fingerprint density at radius 2 is 1.93 bits per heavy atom. The number of pyridine rings is 1. The summed E-state index contributed by atoms with van der Waals surface area (Å²) in [6.07, 6.45) is 6.71.